The highest BCUT2D eigenvalue weighted by atomic mass is 15.1. The number of nitrogens with zero attached hydrogens (tertiary/aromatic N) is 2. The standard InChI is InChI=1S/C34H43N3/c1-17-18(2)22(6)30(23(7)19(17)3)28-12-14-37(15-13-28)16-29-35-33-27(11)26(10)31-24(8)20(4)21(5)25(9)32(31)34(33)36-29/h12H,13-16H2,1-11H3,(H,35,36). The Bertz CT molecular complexity index is 1600. The molecule has 3 heteroatoms. The zero-order valence-electron chi connectivity index (χ0n) is 24.8. The molecule has 0 bridgehead atoms. The summed E-state index contributed by atoms with van der Waals surface area (Å²) in [6, 6.07) is 0. The van der Waals surface area contributed by atoms with E-state index < -0.39 is 0 Å². The minimum atomic E-state index is 0.852. The third-order valence-electron chi connectivity index (χ3n) is 9.97. The first kappa shape index (κ1) is 25.7. The smallest absolute Gasteiger partial charge is 0.121 e. The van der Waals surface area contributed by atoms with Crippen LogP contribution in [0.3, 0.4) is 0 Å². The van der Waals surface area contributed by atoms with Crippen molar-refractivity contribution in [3.8, 4) is 0 Å². The van der Waals surface area contributed by atoms with Crippen LogP contribution in [0, 0.1) is 76.2 Å². The second-order valence-corrected chi connectivity index (χ2v) is 11.6. The second kappa shape index (κ2) is 9.13. The molecule has 1 aliphatic rings. The van der Waals surface area contributed by atoms with E-state index in [1.54, 1.807) is 0 Å². The maximum Gasteiger partial charge on any atom is 0.121 e. The van der Waals surface area contributed by atoms with Gasteiger partial charge in [-0.1, -0.05) is 6.08 Å². The number of aromatic amines is 1. The maximum atomic E-state index is 5.16. The molecule has 0 amide bonds. The Morgan fingerprint density at radius 2 is 1.16 bits per heavy atom. The fourth-order valence-corrected chi connectivity index (χ4v) is 6.68. The lowest BCUT2D eigenvalue weighted by molar-refractivity contribution is 0.287. The summed E-state index contributed by atoms with van der Waals surface area (Å²) >= 11 is 0. The van der Waals surface area contributed by atoms with Gasteiger partial charge < -0.3 is 4.98 Å². The topological polar surface area (TPSA) is 31.9 Å². The molecule has 3 aromatic carbocycles. The molecule has 0 saturated carbocycles. The number of fused-ring (bicyclic) bond motifs is 3. The third kappa shape index (κ3) is 3.85. The molecule has 2 heterocycles. The summed E-state index contributed by atoms with van der Waals surface area (Å²) in [5.41, 5.74) is 20.8. The van der Waals surface area contributed by atoms with Crippen LogP contribution in [-0.4, -0.2) is 28.0 Å². The van der Waals surface area contributed by atoms with Gasteiger partial charge in [-0.15, -0.1) is 0 Å². The maximum absolute atomic E-state index is 5.16. The number of hydrogen-bond acceptors (Lipinski definition) is 2. The van der Waals surface area contributed by atoms with Crippen molar-refractivity contribution in [1.29, 1.82) is 0 Å². The van der Waals surface area contributed by atoms with Gasteiger partial charge in [0.25, 0.3) is 0 Å². The number of imidazole rings is 1. The molecular weight excluding hydrogens is 450 g/mol. The molecule has 5 rings (SSSR count). The van der Waals surface area contributed by atoms with E-state index in [1.807, 2.05) is 0 Å². The number of H-pyrrole nitrogens is 1. The van der Waals surface area contributed by atoms with Crippen LogP contribution in [0.15, 0.2) is 6.08 Å². The van der Waals surface area contributed by atoms with Crippen molar-refractivity contribution in [3.63, 3.8) is 0 Å². The first-order chi connectivity index (χ1) is 17.4. The minimum Gasteiger partial charge on any atom is -0.340 e. The highest BCUT2D eigenvalue weighted by Gasteiger charge is 2.22. The summed E-state index contributed by atoms with van der Waals surface area (Å²) < 4.78 is 0. The van der Waals surface area contributed by atoms with E-state index in [9.17, 15) is 0 Å². The molecule has 0 aliphatic carbocycles. The quantitative estimate of drug-likeness (QED) is 0.311. The molecular formula is C34H43N3. The van der Waals surface area contributed by atoms with Gasteiger partial charge in [0.1, 0.15) is 5.82 Å². The summed E-state index contributed by atoms with van der Waals surface area (Å²) in [6.45, 7) is 27.8. The van der Waals surface area contributed by atoms with Crippen LogP contribution < -0.4 is 0 Å². The van der Waals surface area contributed by atoms with Crippen molar-refractivity contribution in [2.45, 2.75) is 89.1 Å². The Morgan fingerprint density at radius 1 is 0.649 bits per heavy atom. The van der Waals surface area contributed by atoms with Crippen LogP contribution in [0.2, 0.25) is 0 Å². The molecule has 1 aliphatic heterocycles. The van der Waals surface area contributed by atoms with E-state index in [0.717, 1.165) is 37.4 Å². The Morgan fingerprint density at radius 3 is 1.73 bits per heavy atom. The van der Waals surface area contributed by atoms with Gasteiger partial charge in [-0.25, -0.2) is 4.98 Å². The van der Waals surface area contributed by atoms with Gasteiger partial charge in [0.15, 0.2) is 0 Å². The van der Waals surface area contributed by atoms with E-state index in [4.69, 9.17) is 4.98 Å². The Kier molecular flexibility index (Phi) is 6.35. The molecule has 4 aromatic rings. The van der Waals surface area contributed by atoms with Crippen LogP contribution >= 0.6 is 0 Å². The van der Waals surface area contributed by atoms with Crippen LogP contribution in [-0.2, 0) is 6.54 Å². The van der Waals surface area contributed by atoms with E-state index in [1.165, 1.54) is 88.6 Å². The number of rotatable bonds is 3. The molecule has 0 unspecified atom stereocenters. The van der Waals surface area contributed by atoms with Gasteiger partial charge in [-0.3, -0.25) is 4.90 Å². The van der Waals surface area contributed by atoms with E-state index in [0.29, 0.717) is 0 Å². The van der Waals surface area contributed by atoms with Gasteiger partial charge in [-0.2, -0.15) is 0 Å². The van der Waals surface area contributed by atoms with E-state index in [2.05, 4.69) is 92.1 Å². The van der Waals surface area contributed by atoms with Gasteiger partial charge >= 0.3 is 0 Å². The fourth-order valence-electron chi connectivity index (χ4n) is 6.68. The average molecular weight is 494 g/mol. The lowest BCUT2D eigenvalue weighted by Crippen LogP contribution is -2.28. The Hall–Kier alpha value is -2.91. The fraction of sp³-hybridized carbons (Fsp3) is 0.441. The largest absolute Gasteiger partial charge is 0.340 e. The SMILES string of the molecule is Cc1c(C)c(C)c(C2=CCN(Cc3nc4c(C)c(C)c5c(C)c(C)c(C)c(C)c5c4[nH]3)CC2)c(C)c1C. The van der Waals surface area contributed by atoms with Crippen molar-refractivity contribution >= 4 is 27.4 Å². The summed E-state index contributed by atoms with van der Waals surface area (Å²) in [7, 11) is 0. The van der Waals surface area contributed by atoms with Gasteiger partial charge in [-0.05, 0) is 160 Å². The van der Waals surface area contributed by atoms with E-state index in [-0.39, 0.29) is 0 Å². The van der Waals surface area contributed by atoms with Crippen LogP contribution in [0.5, 0.6) is 0 Å². The molecule has 0 atom stereocenters. The van der Waals surface area contributed by atoms with Crippen molar-refractivity contribution < 1.29 is 0 Å². The Labute approximate surface area is 223 Å². The summed E-state index contributed by atoms with van der Waals surface area (Å²) in [4.78, 5) is 11.5. The highest BCUT2D eigenvalue weighted by molar-refractivity contribution is 6.11. The van der Waals surface area contributed by atoms with Crippen molar-refractivity contribution in [1.82, 2.24) is 14.9 Å². The lowest BCUT2D eigenvalue weighted by atomic mass is 9.84. The van der Waals surface area contributed by atoms with Gasteiger partial charge in [0.05, 0.1) is 17.6 Å². The lowest BCUT2D eigenvalue weighted by Gasteiger charge is -2.28. The van der Waals surface area contributed by atoms with Crippen molar-refractivity contribution in [3.05, 3.63) is 78.7 Å². The van der Waals surface area contributed by atoms with Gasteiger partial charge in [0.2, 0.25) is 0 Å². The zero-order valence-corrected chi connectivity index (χ0v) is 24.8. The number of aryl methyl sites for hydroxylation is 4. The molecule has 1 aromatic heterocycles. The predicted octanol–water partition coefficient (Wildman–Crippen LogP) is 8.40. The molecule has 1 N–H and O–H groups in total. The number of benzene rings is 3. The van der Waals surface area contributed by atoms with Gasteiger partial charge in [0, 0.05) is 18.5 Å². The number of aromatic nitrogens is 2. The minimum absolute atomic E-state index is 0.852. The molecule has 0 spiro atoms. The summed E-state index contributed by atoms with van der Waals surface area (Å²) in [6.07, 6.45) is 3.54. The highest BCUT2D eigenvalue weighted by Crippen LogP contribution is 2.38. The molecule has 37 heavy (non-hydrogen) atoms. The van der Waals surface area contributed by atoms with Crippen molar-refractivity contribution in [2.75, 3.05) is 13.1 Å². The molecule has 0 saturated heterocycles. The van der Waals surface area contributed by atoms with Crippen LogP contribution in [0.1, 0.15) is 79.0 Å². The second-order valence-electron chi connectivity index (χ2n) is 11.6. The van der Waals surface area contributed by atoms with Crippen LogP contribution in [0.25, 0.3) is 27.4 Å². The molecule has 0 fully saturated rings. The first-order valence-electron chi connectivity index (χ1n) is 13.8. The summed E-state index contributed by atoms with van der Waals surface area (Å²) in [5, 5.41) is 2.76. The average Bonchev–Trinajstić information content (AvgIpc) is 3.30. The van der Waals surface area contributed by atoms with E-state index >= 15 is 0 Å². The monoisotopic (exact) mass is 493 g/mol. The normalized spacial score (nSPS) is 14.7. The predicted molar refractivity (Wildman–Crippen MR) is 160 cm³/mol. The first-order valence-corrected chi connectivity index (χ1v) is 13.8. The molecule has 3 nitrogen and oxygen atoms in total. The number of hydrogen-bond donors (Lipinski definition) is 1. The summed E-state index contributed by atoms with van der Waals surface area (Å²) in [5.74, 6) is 1.08. The van der Waals surface area contributed by atoms with Crippen LogP contribution in [0.4, 0.5) is 0 Å². The Balaban J connectivity index is 1.50. The molecule has 194 valence electrons. The van der Waals surface area contributed by atoms with Crippen molar-refractivity contribution in [2.24, 2.45) is 0 Å². The third-order valence-corrected chi connectivity index (χ3v) is 9.97. The zero-order chi connectivity index (χ0) is 26.9. The number of nitrogens with one attached hydrogen (secondary N) is 1. The molecule has 0 radical (unpaired) electrons.